The number of aryl methyl sites for hydroxylation is 1. The molecule has 2 aliphatic rings. The third-order valence-corrected chi connectivity index (χ3v) is 7.06. The molecule has 1 saturated heterocycles. The molecule has 0 aliphatic carbocycles. The summed E-state index contributed by atoms with van der Waals surface area (Å²) in [6, 6.07) is 26.0. The van der Waals surface area contributed by atoms with Gasteiger partial charge in [0.25, 0.3) is 5.91 Å². The molecular formula is C29H25N5O2. The number of nitrogens with zero attached hydrogens (tertiary/aromatic N) is 4. The van der Waals surface area contributed by atoms with Crippen LogP contribution in [0.5, 0.6) is 0 Å². The molecule has 0 radical (unpaired) electrons. The van der Waals surface area contributed by atoms with E-state index in [1.165, 1.54) is 0 Å². The first kappa shape index (κ1) is 22.1. The molecule has 1 N–H and O–H groups in total. The number of rotatable bonds is 3. The Hall–Kier alpha value is -4.41. The van der Waals surface area contributed by atoms with Gasteiger partial charge in [-0.15, -0.1) is 0 Å². The number of nitrogens with one attached hydrogen (secondary N) is 1. The Morgan fingerprint density at radius 1 is 0.972 bits per heavy atom. The first-order valence-electron chi connectivity index (χ1n) is 12.1. The molecule has 1 fully saturated rings. The van der Waals surface area contributed by atoms with Crippen LogP contribution in [0.25, 0.3) is 11.3 Å². The van der Waals surface area contributed by atoms with Crippen LogP contribution in [-0.2, 0) is 0 Å². The van der Waals surface area contributed by atoms with Crippen molar-refractivity contribution in [2.45, 2.75) is 13.0 Å². The number of carbonyl (C=O) groups is 1. The molecule has 0 saturated carbocycles. The highest BCUT2D eigenvalue weighted by Crippen LogP contribution is 2.39. The second-order valence-corrected chi connectivity index (χ2v) is 9.22. The van der Waals surface area contributed by atoms with Crippen LogP contribution in [0.4, 0.5) is 11.4 Å². The average Bonchev–Trinajstić information content (AvgIpc) is 3.31. The van der Waals surface area contributed by atoms with E-state index in [1.54, 1.807) is 0 Å². The molecule has 3 aromatic carbocycles. The molecule has 2 aliphatic heterocycles. The van der Waals surface area contributed by atoms with Gasteiger partial charge in [-0.25, -0.2) is 0 Å². The Bertz CT molecular complexity index is 1490. The van der Waals surface area contributed by atoms with E-state index >= 15 is 0 Å². The summed E-state index contributed by atoms with van der Waals surface area (Å²) in [5.41, 5.74) is 6.86. The van der Waals surface area contributed by atoms with E-state index in [0.29, 0.717) is 11.1 Å². The number of para-hydroxylation sites is 1. The summed E-state index contributed by atoms with van der Waals surface area (Å²) in [6.07, 6.45) is 0. The van der Waals surface area contributed by atoms with Gasteiger partial charge in [-0.2, -0.15) is 5.26 Å². The van der Waals surface area contributed by atoms with Crippen molar-refractivity contribution >= 4 is 17.3 Å². The monoisotopic (exact) mass is 475 g/mol. The minimum Gasteiger partial charge on any atom is -0.368 e. The van der Waals surface area contributed by atoms with Crippen LogP contribution in [0, 0.1) is 18.3 Å². The van der Waals surface area contributed by atoms with Crippen LogP contribution >= 0.6 is 0 Å². The van der Waals surface area contributed by atoms with Crippen LogP contribution in [-0.4, -0.2) is 42.1 Å². The fourth-order valence-electron chi connectivity index (χ4n) is 5.33. The van der Waals surface area contributed by atoms with Gasteiger partial charge >= 0.3 is 0 Å². The van der Waals surface area contributed by atoms with E-state index in [2.05, 4.69) is 38.5 Å². The average molecular weight is 476 g/mol. The zero-order chi connectivity index (χ0) is 24.6. The predicted molar refractivity (Wildman–Crippen MR) is 138 cm³/mol. The quantitative estimate of drug-likeness (QED) is 0.449. The zero-order valence-corrected chi connectivity index (χ0v) is 19.9. The Morgan fingerprint density at radius 3 is 2.47 bits per heavy atom. The van der Waals surface area contributed by atoms with E-state index in [0.717, 1.165) is 65.7 Å². The number of benzene rings is 3. The molecule has 7 nitrogen and oxygen atoms in total. The van der Waals surface area contributed by atoms with Crippen molar-refractivity contribution in [3.63, 3.8) is 0 Å². The summed E-state index contributed by atoms with van der Waals surface area (Å²) in [5, 5.41) is 17.1. The van der Waals surface area contributed by atoms with Gasteiger partial charge in [-0.05, 0) is 42.3 Å². The Balaban J connectivity index is 1.28. The lowest BCUT2D eigenvalue weighted by atomic mass is 9.93. The molecule has 1 atom stereocenters. The minimum atomic E-state index is -0.0692. The number of amides is 1. The van der Waals surface area contributed by atoms with Crippen LogP contribution in [0.15, 0.2) is 77.3 Å². The number of hydrogen-bond donors (Lipinski definition) is 1. The second kappa shape index (κ2) is 8.99. The summed E-state index contributed by atoms with van der Waals surface area (Å²) in [5.74, 6) is 0.669. The summed E-state index contributed by atoms with van der Waals surface area (Å²) < 4.78 is 5.20. The Labute approximate surface area is 209 Å². The highest BCUT2D eigenvalue weighted by atomic mass is 16.5. The molecule has 3 heterocycles. The molecule has 6 rings (SSSR count). The highest BCUT2D eigenvalue weighted by Gasteiger charge is 2.33. The van der Waals surface area contributed by atoms with Gasteiger partial charge in [0, 0.05) is 49.1 Å². The smallest absolute Gasteiger partial charge is 0.256 e. The predicted octanol–water partition coefficient (Wildman–Crippen LogP) is 5.00. The van der Waals surface area contributed by atoms with Crippen molar-refractivity contribution in [3.05, 3.63) is 101 Å². The maximum atomic E-state index is 13.0. The number of anilines is 2. The number of hydrogen-bond acceptors (Lipinski definition) is 6. The van der Waals surface area contributed by atoms with Gasteiger partial charge in [0.2, 0.25) is 0 Å². The fraction of sp³-hybridized carbons (Fsp3) is 0.207. The van der Waals surface area contributed by atoms with E-state index in [9.17, 15) is 10.1 Å². The summed E-state index contributed by atoms with van der Waals surface area (Å²) in [7, 11) is 0. The molecule has 0 spiro atoms. The number of piperazine rings is 1. The van der Waals surface area contributed by atoms with Crippen molar-refractivity contribution in [2.24, 2.45) is 0 Å². The third-order valence-electron chi connectivity index (χ3n) is 7.06. The summed E-state index contributed by atoms with van der Waals surface area (Å²) >= 11 is 0. The largest absolute Gasteiger partial charge is 0.368 e. The van der Waals surface area contributed by atoms with E-state index in [1.807, 2.05) is 67.6 Å². The molecule has 178 valence electrons. The lowest BCUT2D eigenvalue weighted by Gasteiger charge is -2.41. The second-order valence-electron chi connectivity index (χ2n) is 9.22. The molecule has 4 aromatic rings. The third kappa shape index (κ3) is 3.82. The minimum absolute atomic E-state index is 0.0216. The number of aromatic nitrogens is 1. The highest BCUT2D eigenvalue weighted by molar-refractivity contribution is 6.07. The standard InChI is InChI=1S/C29H25N5O2/c1-19-16-26(32-36-19)20-10-11-27(21(17-20)18-30)33-12-14-34(15-13-33)28-22-6-2-3-7-23(22)29(35)31-25-9-5-4-8-24(25)28/h2-11,16-17,28H,12-15H2,1H3,(H,31,35). The molecular weight excluding hydrogens is 450 g/mol. The SMILES string of the molecule is Cc1cc(-c2ccc(N3CCN(C4c5ccccc5NC(=O)c5ccccc54)CC3)c(C#N)c2)no1. The maximum Gasteiger partial charge on any atom is 0.256 e. The topological polar surface area (TPSA) is 85.4 Å². The fourth-order valence-corrected chi connectivity index (χ4v) is 5.33. The molecule has 1 amide bonds. The van der Waals surface area contributed by atoms with Crippen molar-refractivity contribution in [1.82, 2.24) is 10.1 Å². The zero-order valence-electron chi connectivity index (χ0n) is 19.9. The lowest BCUT2D eigenvalue weighted by molar-refractivity contribution is 0.102. The van der Waals surface area contributed by atoms with Gasteiger partial charge < -0.3 is 14.7 Å². The van der Waals surface area contributed by atoms with Crippen molar-refractivity contribution in [3.8, 4) is 17.3 Å². The van der Waals surface area contributed by atoms with Crippen molar-refractivity contribution < 1.29 is 9.32 Å². The molecule has 36 heavy (non-hydrogen) atoms. The van der Waals surface area contributed by atoms with E-state index in [4.69, 9.17) is 4.52 Å². The van der Waals surface area contributed by atoms with E-state index < -0.39 is 0 Å². The van der Waals surface area contributed by atoms with Crippen LogP contribution in [0.2, 0.25) is 0 Å². The molecule has 1 aromatic heterocycles. The summed E-state index contributed by atoms with van der Waals surface area (Å²) in [4.78, 5) is 17.7. The van der Waals surface area contributed by atoms with Crippen LogP contribution in [0.3, 0.4) is 0 Å². The van der Waals surface area contributed by atoms with Gasteiger partial charge in [0.05, 0.1) is 17.3 Å². The van der Waals surface area contributed by atoms with Crippen LogP contribution in [0.1, 0.15) is 38.9 Å². The number of nitriles is 1. The van der Waals surface area contributed by atoms with Gasteiger partial charge in [-0.3, -0.25) is 9.69 Å². The summed E-state index contributed by atoms with van der Waals surface area (Å²) in [6.45, 7) is 5.01. The first-order valence-corrected chi connectivity index (χ1v) is 12.1. The van der Waals surface area contributed by atoms with Gasteiger partial charge in [0.15, 0.2) is 0 Å². The lowest BCUT2D eigenvalue weighted by Crippen LogP contribution is -2.48. The molecule has 1 unspecified atom stereocenters. The van der Waals surface area contributed by atoms with Crippen molar-refractivity contribution in [1.29, 1.82) is 5.26 Å². The molecule has 0 bridgehead atoms. The Kier molecular flexibility index (Phi) is 5.51. The number of carbonyl (C=O) groups excluding carboxylic acids is 1. The van der Waals surface area contributed by atoms with Crippen molar-refractivity contribution in [2.75, 3.05) is 36.4 Å². The van der Waals surface area contributed by atoms with Crippen LogP contribution < -0.4 is 10.2 Å². The van der Waals surface area contributed by atoms with Gasteiger partial charge in [-0.1, -0.05) is 47.6 Å². The number of fused-ring (bicyclic) bond motifs is 2. The molecule has 7 heteroatoms. The maximum absolute atomic E-state index is 13.0. The normalized spacial score (nSPS) is 17.5. The first-order chi connectivity index (χ1) is 17.6. The van der Waals surface area contributed by atoms with E-state index in [-0.39, 0.29) is 11.9 Å². The Morgan fingerprint density at radius 2 is 1.72 bits per heavy atom. The van der Waals surface area contributed by atoms with Gasteiger partial charge in [0.1, 0.15) is 17.5 Å².